The predicted molar refractivity (Wildman–Crippen MR) is 126 cm³/mol. The fourth-order valence-corrected chi connectivity index (χ4v) is 4.72. The highest BCUT2D eigenvalue weighted by atomic mass is 19.4. The number of rotatable bonds is 7. The second-order valence-corrected chi connectivity index (χ2v) is 8.87. The number of aliphatic carboxylic acids is 1. The molecule has 0 aromatic heterocycles. The number of piperidine rings is 1. The van der Waals surface area contributed by atoms with Gasteiger partial charge in [0.25, 0.3) is 0 Å². The summed E-state index contributed by atoms with van der Waals surface area (Å²) in [6.07, 6.45) is -3.96. The molecular weight excluding hydrogens is 482 g/mol. The largest absolute Gasteiger partial charge is 0.494 e. The summed E-state index contributed by atoms with van der Waals surface area (Å²) in [4.78, 5) is 13.2. The van der Waals surface area contributed by atoms with E-state index < -0.39 is 36.2 Å². The maximum absolute atomic E-state index is 14.4. The minimum atomic E-state index is -4.64. The van der Waals surface area contributed by atoms with Crippen molar-refractivity contribution in [3.05, 3.63) is 48.3 Å². The molecule has 2 aliphatic rings. The van der Waals surface area contributed by atoms with Crippen LogP contribution in [0.15, 0.2) is 47.6 Å². The lowest BCUT2D eigenvalue weighted by Crippen LogP contribution is -2.39. The number of halogens is 4. The van der Waals surface area contributed by atoms with Crippen LogP contribution in [0.2, 0.25) is 0 Å². The van der Waals surface area contributed by atoms with E-state index in [0.29, 0.717) is 48.8 Å². The molecule has 36 heavy (non-hydrogen) atoms. The SMILES string of the molecule is COc1cccc(F)c1N1CCC(Oc2ccc(N3N=C(C(F)(F)F)[C@@H](C)[C@@H]3CC(=O)O)cc2)CC1. The van der Waals surface area contributed by atoms with Crippen molar-refractivity contribution in [3.63, 3.8) is 0 Å². The molecule has 0 aliphatic carbocycles. The van der Waals surface area contributed by atoms with Crippen molar-refractivity contribution in [2.24, 2.45) is 11.0 Å². The molecule has 11 heteroatoms. The van der Waals surface area contributed by atoms with Crippen LogP contribution in [0.4, 0.5) is 28.9 Å². The van der Waals surface area contributed by atoms with Gasteiger partial charge in [-0.15, -0.1) is 0 Å². The standard InChI is InChI=1S/C25H27F4N3O4/c1-15-20(14-22(33)34)32(30-24(15)25(27,28)29)16-6-8-17(9-7-16)36-18-10-12-31(13-11-18)23-19(26)4-3-5-21(23)35-2/h3-9,15,18,20H,10-14H2,1-2H3,(H,33,34)/t15-,20-/m0/s1. The van der Waals surface area contributed by atoms with Gasteiger partial charge in [-0.1, -0.05) is 13.0 Å². The number of carbonyl (C=O) groups is 1. The maximum atomic E-state index is 14.4. The molecule has 0 unspecified atom stereocenters. The molecule has 0 bridgehead atoms. The summed E-state index contributed by atoms with van der Waals surface area (Å²) < 4.78 is 65.9. The van der Waals surface area contributed by atoms with E-state index >= 15 is 0 Å². The second-order valence-electron chi connectivity index (χ2n) is 8.87. The summed E-state index contributed by atoms with van der Waals surface area (Å²) in [5.41, 5.74) is -0.217. The quantitative estimate of drug-likeness (QED) is 0.524. The Morgan fingerprint density at radius 2 is 1.81 bits per heavy atom. The first kappa shape index (κ1) is 25.6. The van der Waals surface area contributed by atoms with Crippen LogP contribution >= 0.6 is 0 Å². The number of anilines is 2. The Morgan fingerprint density at radius 1 is 1.14 bits per heavy atom. The minimum absolute atomic E-state index is 0.119. The lowest BCUT2D eigenvalue weighted by molar-refractivity contribution is -0.137. The summed E-state index contributed by atoms with van der Waals surface area (Å²) in [5.74, 6) is -1.63. The Bertz CT molecular complexity index is 1120. The molecule has 0 radical (unpaired) electrons. The highest BCUT2D eigenvalue weighted by Gasteiger charge is 2.48. The summed E-state index contributed by atoms with van der Waals surface area (Å²) >= 11 is 0. The molecule has 1 fully saturated rings. The van der Waals surface area contributed by atoms with E-state index in [4.69, 9.17) is 9.47 Å². The number of para-hydroxylation sites is 1. The van der Waals surface area contributed by atoms with Crippen molar-refractivity contribution in [1.82, 2.24) is 0 Å². The predicted octanol–water partition coefficient (Wildman–Crippen LogP) is 5.10. The number of alkyl halides is 3. The summed E-state index contributed by atoms with van der Waals surface area (Å²) in [7, 11) is 1.50. The lowest BCUT2D eigenvalue weighted by atomic mass is 9.94. The van der Waals surface area contributed by atoms with Crippen molar-refractivity contribution < 1.29 is 36.9 Å². The zero-order valence-corrected chi connectivity index (χ0v) is 19.8. The smallest absolute Gasteiger partial charge is 0.431 e. The number of benzene rings is 2. The Balaban J connectivity index is 1.42. The zero-order chi connectivity index (χ0) is 26.0. The number of carboxylic acids is 1. The molecule has 1 saturated heterocycles. The fraction of sp³-hybridized carbons (Fsp3) is 0.440. The molecule has 2 heterocycles. The van der Waals surface area contributed by atoms with Crippen LogP contribution in [0.3, 0.4) is 0 Å². The fourth-order valence-electron chi connectivity index (χ4n) is 4.72. The van der Waals surface area contributed by atoms with Crippen LogP contribution in [0.5, 0.6) is 11.5 Å². The molecule has 0 saturated carbocycles. The molecule has 2 aromatic rings. The number of hydrogen-bond donors (Lipinski definition) is 1. The minimum Gasteiger partial charge on any atom is -0.494 e. The number of ether oxygens (including phenoxy) is 2. The van der Waals surface area contributed by atoms with Crippen LogP contribution in [-0.2, 0) is 4.79 Å². The van der Waals surface area contributed by atoms with Crippen molar-refractivity contribution in [1.29, 1.82) is 0 Å². The number of nitrogens with zero attached hydrogens (tertiary/aromatic N) is 3. The van der Waals surface area contributed by atoms with Gasteiger partial charge >= 0.3 is 12.1 Å². The molecule has 1 N–H and O–H groups in total. The van der Waals surface area contributed by atoms with Crippen molar-refractivity contribution in [3.8, 4) is 11.5 Å². The maximum Gasteiger partial charge on any atom is 0.431 e. The van der Waals surface area contributed by atoms with Gasteiger partial charge < -0.3 is 19.5 Å². The van der Waals surface area contributed by atoms with Crippen molar-refractivity contribution in [2.45, 2.75) is 44.5 Å². The average Bonchev–Trinajstić information content (AvgIpc) is 3.16. The van der Waals surface area contributed by atoms with Crippen LogP contribution in [0.25, 0.3) is 0 Å². The van der Waals surface area contributed by atoms with Gasteiger partial charge in [-0.25, -0.2) is 4.39 Å². The van der Waals surface area contributed by atoms with Crippen LogP contribution in [0, 0.1) is 11.7 Å². The van der Waals surface area contributed by atoms with Gasteiger partial charge in [0.2, 0.25) is 0 Å². The van der Waals surface area contributed by atoms with Gasteiger partial charge in [0.1, 0.15) is 34.8 Å². The summed E-state index contributed by atoms with van der Waals surface area (Å²) in [6, 6.07) is 10.1. The van der Waals surface area contributed by atoms with Crippen LogP contribution in [-0.4, -0.2) is 55.3 Å². The number of hydrogen-bond acceptors (Lipinski definition) is 6. The third kappa shape index (κ3) is 5.34. The summed E-state index contributed by atoms with van der Waals surface area (Å²) in [5, 5.41) is 14.1. The highest BCUT2D eigenvalue weighted by molar-refractivity contribution is 5.95. The van der Waals surface area contributed by atoms with E-state index in [2.05, 4.69) is 5.10 Å². The Hall–Kier alpha value is -3.50. The third-order valence-corrected chi connectivity index (χ3v) is 6.54. The van der Waals surface area contributed by atoms with Gasteiger partial charge in [-0.2, -0.15) is 18.3 Å². The third-order valence-electron chi connectivity index (χ3n) is 6.54. The Labute approximate surface area is 205 Å². The number of hydrazone groups is 1. The van der Waals surface area contributed by atoms with Gasteiger partial charge in [-0.3, -0.25) is 9.80 Å². The average molecular weight is 510 g/mol. The van der Waals surface area contributed by atoms with E-state index in [1.165, 1.54) is 20.1 Å². The van der Waals surface area contributed by atoms with E-state index in [0.717, 1.165) is 5.01 Å². The Morgan fingerprint density at radius 3 is 2.39 bits per heavy atom. The van der Waals surface area contributed by atoms with Crippen molar-refractivity contribution >= 4 is 23.1 Å². The number of methoxy groups -OCH3 is 1. The molecule has 0 spiro atoms. The van der Waals surface area contributed by atoms with Crippen LogP contribution < -0.4 is 19.4 Å². The van der Waals surface area contributed by atoms with E-state index in [1.807, 2.05) is 4.90 Å². The normalized spacial score (nSPS) is 20.9. The van der Waals surface area contributed by atoms with Gasteiger partial charge in [0.05, 0.1) is 25.3 Å². The monoisotopic (exact) mass is 509 g/mol. The van der Waals surface area contributed by atoms with Gasteiger partial charge in [0.15, 0.2) is 0 Å². The zero-order valence-electron chi connectivity index (χ0n) is 19.8. The molecule has 194 valence electrons. The second kappa shape index (κ2) is 10.2. The lowest BCUT2D eigenvalue weighted by Gasteiger charge is -2.34. The molecule has 7 nitrogen and oxygen atoms in total. The van der Waals surface area contributed by atoms with E-state index in [9.17, 15) is 27.5 Å². The Kier molecular flexibility index (Phi) is 7.28. The summed E-state index contributed by atoms with van der Waals surface area (Å²) in [6.45, 7) is 2.47. The molecule has 2 aliphatic heterocycles. The van der Waals surface area contributed by atoms with Gasteiger partial charge in [0, 0.05) is 31.8 Å². The number of carboxylic acid groups (broad SMARTS) is 1. The first-order chi connectivity index (χ1) is 17.1. The highest BCUT2D eigenvalue weighted by Crippen LogP contribution is 2.37. The molecule has 2 atom stereocenters. The molecular formula is C25H27F4N3O4. The molecule has 4 rings (SSSR count). The first-order valence-electron chi connectivity index (χ1n) is 11.6. The first-order valence-corrected chi connectivity index (χ1v) is 11.6. The molecule has 0 amide bonds. The van der Waals surface area contributed by atoms with E-state index in [1.54, 1.807) is 36.4 Å². The molecule has 2 aromatic carbocycles. The van der Waals surface area contributed by atoms with Crippen LogP contribution in [0.1, 0.15) is 26.2 Å². The topological polar surface area (TPSA) is 74.6 Å². The van der Waals surface area contributed by atoms with Gasteiger partial charge in [-0.05, 0) is 36.4 Å². The van der Waals surface area contributed by atoms with E-state index in [-0.39, 0.29) is 11.9 Å². The van der Waals surface area contributed by atoms with Crippen molar-refractivity contribution in [2.75, 3.05) is 30.1 Å².